The number of hydrogen-bond acceptors (Lipinski definition) is 10. The van der Waals surface area contributed by atoms with Gasteiger partial charge in [0.05, 0.1) is 31.3 Å². The first-order chi connectivity index (χ1) is 21.8. The van der Waals surface area contributed by atoms with Crippen molar-refractivity contribution in [3.63, 3.8) is 0 Å². The predicted octanol–water partition coefficient (Wildman–Crippen LogP) is -0.777. The molecule has 0 aliphatic carbocycles. The molecule has 45 heavy (non-hydrogen) atoms. The number of fused-ring (bicyclic) bond motifs is 3. The topological polar surface area (TPSA) is 171 Å². The second-order valence-corrected chi connectivity index (χ2v) is 12.2. The summed E-state index contributed by atoms with van der Waals surface area (Å²) in [7, 11) is 0. The lowest BCUT2D eigenvalue weighted by Crippen LogP contribution is -2.57. The zero-order valence-corrected chi connectivity index (χ0v) is 25.0. The van der Waals surface area contributed by atoms with Crippen molar-refractivity contribution in [2.75, 3.05) is 45.9 Å². The molecule has 6 atom stereocenters. The molecule has 6 rings (SSSR count). The zero-order chi connectivity index (χ0) is 31.5. The van der Waals surface area contributed by atoms with Crippen LogP contribution in [0.25, 0.3) is 11.3 Å². The minimum Gasteiger partial charge on any atom is -0.388 e. The summed E-state index contributed by atoms with van der Waals surface area (Å²) < 4.78 is 26.3. The van der Waals surface area contributed by atoms with E-state index in [2.05, 4.69) is 20.9 Å². The van der Waals surface area contributed by atoms with Crippen molar-refractivity contribution in [1.29, 1.82) is 0 Å². The van der Waals surface area contributed by atoms with Crippen molar-refractivity contribution in [2.24, 2.45) is 0 Å². The summed E-state index contributed by atoms with van der Waals surface area (Å²) in [6, 6.07) is 5.02. The van der Waals surface area contributed by atoms with Gasteiger partial charge in [0.15, 0.2) is 0 Å². The standard InChI is InChI=1S/C30H40FN7O7/c31-19-3-1-18(2-4-19)22-16-38(35-34-22)21-5-9-37-23(13-21)30(43)33-15-25-29(42)28(41)24(45-25)14-26(39)36(17-27(37)40)10-8-32-20-6-11-44-12-7-20/h1-4,16,20-21,23-25,28-29,32,41-42H,5-15,17H2,(H,33,43)/t21-,23+,24+,25-,28?,29?/m1/s1. The monoisotopic (exact) mass is 629 g/mol. The van der Waals surface area contributed by atoms with Crippen molar-refractivity contribution in [3.8, 4) is 11.3 Å². The SMILES string of the molecule is O=C1NC[C@H]2O[C@@H](CC(=O)N(CCNC3CCOCC3)CC(=O)N3CC[C@@H](n4cc(-c5ccc(F)cc5)nn4)C[C@@H]13)C(O)C2O. The normalized spacial score (nSPS) is 30.3. The smallest absolute Gasteiger partial charge is 0.242 e. The third-order valence-electron chi connectivity index (χ3n) is 9.25. The third-order valence-corrected chi connectivity index (χ3v) is 9.25. The maximum atomic E-state index is 13.8. The molecule has 4 saturated heterocycles. The number of aromatic nitrogens is 3. The Labute approximate surface area is 259 Å². The fourth-order valence-electron chi connectivity index (χ4n) is 6.58. The van der Waals surface area contributed by atoms with E-state index in [0.29, 0.717) is 37.4 Å². The minimum absolute atomic E-state index is 0.0955. The van der Waals surface area contributed by atoms with E-state index in [9.17, 15) is 29.0 Å². The Balaban J connectivity index is 1.20. The van der Waals surface area contributed by atoms with Crippen molar-refractivity contribution in [1.82, 2.24) is 35.4 Å². The van der Waals surface area contributed by atoms with Crippen LogP contribution in [0.5, 0.6) is 0 Å². The van der Waals surface area contributed by atoms with E-state index in [4.69, 9.17) is 9.47 Å². The number of benzene rings is 1. The van der Waals surface area contributed by atoms with Crippen LogP contribution in [0.1, 0.15) is 38.1 Å². The summed E-state index contributed by atoms with van der Waals surface area (Å²) in [5, 5.41) is 36.0. The van der Waals surface area contributed by atoms with Gasteiger partial charge >= 0.3 is 0 Å². The molecule has 2 unspecified atom stereocenters. The predicted molar refractivity (Wildman–Crippen MR) is 156 cm³/mol. The maximum Gasteiger partial charge on any atom is 0.242 e. The zero-order valence-electron chi connectivity index (χ0n) is 25.0. The van der Waals surface area contributed by atoms with Crippen LogP contribution >= 0.6 is 0 Å². The number of carbonyl (C=O) groups is 3. The number of nitrogens with zero attached hydrogens (tertiary/aromatic N) is 5. The molecule has 3 amide bonds. The third kappa shape index (κ3) is 7.17. The maximum absolute atomic E-state index is 13.8. The highest BCUT2D eigenvalue weighted by atomic mass is 19.1. The summed E-state index contributed by atoms with van der Waals surface area (Å²) in [6.07, 6.45) is -0.490. The minimum atomic E-state index is -1.31. The highest BCUT2D eigenvalue weighted by Gasteiger charge is 2.45. The van der Waals surface area contributed by atoms with Crippen LogP contribution in [0.15, 0.2) is 30.5 Å². The number of aliphatic hydroxyl groups excluding tert-OH is 2. The number of aliphatic hydroxyl groups is 2. The number of carbonyl (C=O) groups excluding carboxylic acids is 3. The number of rotatable bonds is 6. The van der Waals surface area contributed by atoms with E-state index in [1.165, 1.54) is 21.9 Å². The van der Waals surface area contributed by atoms with Crippen molar-refractivity contribution in [3.05, 3.63) is 36.3 Å². The van der Waals surface area contributed by atoms with E-state index in [0.717, 1.165) is 12.8 Å². The van der Waals surface area contributed by atoms with Gasteiger partial charge in [-0.15, -0.1) is 5.10 Å². The van der Waals surface area contributed by atoms with Gasteiger partial charge in [-0.2, -0.15) is 0 Å². The number of amides is 3. The van der Waals surface area contributed by atoms with Crippen LogP contribution in [0.4, 0.5) is 4.39 Å². The Morgan fingerprint density at radius 2 is 1.78 bits per heavy atom. The lowest BCUT2D eigenvalue weighted by Gasteiger charge is -2.39. The fraction of sp³-hybridized carbons (Fsp3) is 0.633. The number of ether oxygens (including phenoxy) is 2. The first-order valence-electron chi connectivity index (χ1n) is 15.6. The summed E-state index contributed by atoms with van der Waals surface area (Å²) in [5.41, 5.74) is 1.25. The highest BCUT2D eigenvalue weighted by Crippen LogP contribution is 2.30. The first-order valence-corrected chi connectivity index (χ1v) is 15.6. The Hall–Kier alpha value is -3.50. The molecule has 1 aromatic heterocycles. The van der Waals surface area contributed by atoms with Crippen molar-refractivity contribution < 1.29 is 38.5 Å². The second-order valence-electron chi connectivity index (χ2n) is 12.2. The Morgan fingerprint density at radius 1 is 1.02 bits per heavy atom. The summed E-state index contributed by atoms with van der Waals surface area (Å²) in [4.78, 5) is 43.8. The molecule has 0 spiro atoms. The van der Waals surface area contributed by atoms with Crippen LogP contribution < -0.4 is 10.6 Å². The van der Waals surface area contributed by atoms with Crippen LogP contribution in [-0.2, 0) is 23.9 Å². The van der Waals surface area contributed by atoms with Crippen molar-refractivity contribution in [2.45, 2.75) is 74.6 Å². The highest BCUT2D eigenvalue weighted by molar-refractivity contribution is 5.90. The second kappa shape index (κ2) is 13.9. The van der Waals surface area contributed by atoms with Crippen molar-refractivity contribution >= 4 is 17.7 Å². The van der Waals surface area contributed by atoms with Gasteiger partial charge in [0.2, 0.25) is 17.7 Å². The van der Waals surface area contributed by atoms with Crippen LogP contribution in [0.2, 0.25) is 0 Å². The van der Waals surface area contributed by atoms with E-state index < -0.39 is 36.4 Å². The Kier molecular flexibility index (Phi) is 9.70. The fourth-order valence-corrected chi connectivity index (χ4v) is 6.58. The molecule has 5 heterocycles. The molecular formula is C30H40FN7O7. The summed E-state index contributed by atoms with van der Waals surface area (Å²) >= 11 is 0. The average Bonchev–Trinajstić information content (AvgIpc) is 3.64. The van der Waals surface area contributed by atoms with Gasteiger partial charge in [-0.3, -0.25) is 14.4 Å². The molecule has 244 valence electrons. The van der Waals surface area contributed by atoms with Gasteiger partial charge in [0.25, 0.3) is 0 Å². The largest absolute Gasteiger partial charge is 0.388 e. The number of nitrogens with one attached hydrogen (secondary N) is 2. The molecule has 15 heteroatoms. The summed E-state index contributed by atoms with van der Waals surface area (Å²) in [6.45, 7) is 1.95. The quantitative estimate of drug-likeness (QED) is 0.318. The van der Waals surface area contributed by atoms with E-state index in [1.54, 1.807) is 23.0 Å². The molecule has 4 N–H and O–H groups in total. The number of halogens is 1. The number of hydrogen-bond donors (Lipinski definition) is 4. The molecular weight excluding hydrogens is 589 g/mol. The molecule has 0 saturated carbocycles. The van der Waals surface area contributed by atoms with Gasteiger partial charge in [-0.05, 0) is 49.9 Å². The lowest BCUT2D eigenvalue weighted by atomic mass is 9.95. The average molecular weight is 630 g/mol. The molecule has 1 aromatic carbocycles. The van der Waals surface area contributed by atoms with E-state index in [1.807, 2.05) is 0 Å². The Bertz CT molecular complexity index is 1350. The molecule has 4 aliphatic heterocycles. The first kappa shape index (κ1) is 31.5. The van der Waals surface area contributed by atoms with Gasteiger partial charge < -0.3 is 40.1 Å². The van der Waals surface area contributed by atoms with Gasteiger partial charge in [-0.25, -0.2) is 9.07 Å². The Morgan fingerprint density at radius 3 is 2.56 bits per heavy atom. The molecule has 2 aromatic rings. The van der Waals surface area contributed by atoms with Gasteiger partial charge in [0.1, 0.15) is 35.9 Å². The summed E-state index contributed by atoms with van der Waals surface area (Å²) in [5.74, 6) is -1.53. The molecule has 4 aliphatic rings. The van der Waals surface area contributed by atoms with E-state index >= 15 is 0 Å². The van der Waals surface area contributed by atoms with Gasteiger partial charge in [0, 0.05) is 51.0 Å². The van der Waals surface area contributed by atoms with Crippen LogP contribution in [0.3, 0.4) is 0 Å². The van der Waals surface area contributed by atoms with Crippen LogP contribution in [-0.4, -0.2) is 135 Å². The van der Waals surface area contributed by atoms with Gasteiger partial charge in [-0.1, -0.05) is 5.21 Å². The van der Waals surface area contributed by atoms with Crippen LogP contribution in [0, 0.1) is 5.82 Å². The molecule has 4 fully saturated rings. The molecule has 2 bridgehead atoms. The van der Waals surface area contributed by atoms with E-state index in [-0.39, 0.29) is 68.7 Å². The number of piperidine rings is 1. The lowest BCUT2D eigenvalue weighted by molar-refractivity contribution is -0.147. The molecule has 14 nitrogen and oxygen atoms in total. The molecule has 0 radical (unpaired) electrons.